The van der Waals surface area contributed by atoms with E-state index in [4.69, 9.17) is 4.74 Å². The van der Waals surface area contributed by atoms with Gasteiger partial charge in [0.15, 0.2) is 11.4 Å². The Morgan fingerprint density at radius 2 is 1.87 bits per heavy atom. The molecule has 0 bridgehead atoms. The van der Waals surface area contributed by atoms with E-state index in [1.165, 1.54) is 0 Å². The van der Waals surface area contributed by atoms with Crippen LogP contribution in [0.4, 0.5) is 0 Å². The van der Waals surface area contributed by atoms with Crippen LogP contribution in [-0.4, -0.2) is 17.4 Å². The van der Waals surface area contributed by atoms with Crippen LogP contribution in [0.25, 0.3) is 0 Å². The fourth-order valence-corrected chi connectivity index (χ4v) is 4.79. The third kappa shape index (κ3) is 0.499. The van der Waals surface area contributed by atoms with Crippen molar-refractivity contribution in [2.75, 3.05) is 0 Å². The fourth-order valence-electron chi connectivity index (χ4n) is 4.79. The van der Waals surface area contributed by atoms with Gasteiger partial charge in [-0.1, -0.05) is 13.8 Å². The second-order valence-electron chi connectivity index (χ2n) is 5.99. The number of ether oxygens (including phenoxy) is 1. The molecule has 3 nitrogen and oxygen atoms in total. The Kier molecular flexibility index (Phi) is 1.17. The van der Waals surface area contributed by atoms with Gasteiger partial charge in [0.1, 0.15) is 0 Å². The molecule has 2 saturated carbocycles. The molecule has 0 aromatic heterocycles. The van der Waals surface area contributed by atoms with E-state index < -0.39 is 11.0 Å². The van der Waals surface area contributed by atoms with Crippen LogP contribution in [-0.2, 0) is 14.3 Å². The van der Waals surface area contributed by atoms with Crippen LogP contribution in [0.1, 0.15) is 40.5 Å². The van der Waals surface area contributed by atoms with Gasteiger partial charge in [0, 0.05) is 10.8 Å². The van der Waals surface area contributed by atoms with Crippen LogP contribution in [0, 0.1) is 16.2 Å². The maximum atomic E-state index is 11.8. The first-order chi connectivity index (χ1) is 6.78. The molecule has 3 aliphatic rings. The van der Waals surface area contributed by atoms with Crippen molar-refractivity contribution in [3.63, 3.8) is 0 Å². The van der Waals surface area contributed by atoms with Gasteiger partial charge in [0.05, 0.1) is 5.41 Å². The molecular weight excluding hydrogens is 192 g/mol. The third-order valence-corrected chi connectivity index (χ3v) is 5.62. The molecule has 0 aromatic rings. The van der Waals surface area contributed by atoms with Crippen LogP contribution in [0.5, 0.6) is 0 Å². The zero-order valence-electron chi connectivity index (χ0n) is 9.64. The van der Waals surface area contributed by atoms with Gasteiger partial charge in [-0.2, -0.15) is 0 Å². The normalized spacial score (nSPS) is 53.7. The lowest BCUT2D eigenvalue weighted by Crippen LogP contribution is -2.46. The highest BCUT2D eigenvalue weighted by atomic mass is 16.6. The number of rotatable bonds is 1. The van der Waals surface area contributed by atoms with Gasteiger partial charge in [-0.05, 0) is 26.7 Å². The summed E-state index contributed by atoms with van der Waals surface area (Å²) in [7, 11) is 0. The van der Waals surface area contributed by atoms with E-state index in [0.29, 0.717) is 0 Å². The molecule has 1 heterocycles. The molecule has 0 radical (unpaired) electrons. The summed E-state index contributed by atoms with van der Waals surface area (Å²) in [4.78, 5) is 23.6. The highest BCUT2D eigenvalue weighted by molar-refractivity contribution is 6.02. The topological polar surface area (TPSA) is 43.4 Å². The van der Waals surface area contributed by atoms with Gasteiger partial charge in [0.25, 0.3) is 0 Å². The van der Waals surface area contributed by atoms with Crippen molar-refractivity contribution in [1.82, 2.24) is 0 Å². The van der Waals surface area contributed by atoms with Gasteiger partial charge >= 0.3 is 5.97 Å². The van der Waals surface area contributed by atoms with Crippen molar-refractivity contribution in [3.8, 4) is 0 Å². The minimum atomic E-state index is -0.802. The van der Waals surface area contributed by atoms with Gasteiger partial charge in [-0.25, -0.2) is 0 Å². The summed E-state index contributed by atoms with van der Waals surface area (Å²) in [5.74, 6) is -0.146. The van der Waals surface area contributed by atoms with E-state index in [9.17, 15) is 9.59 Å². The quantitative estimate of drug-likeness (QED) is 0.616. The Balaban J connectivity index is 2.22. The standard InChI is InChI=1S/C12H16O3/c1-7(13)12-9(2,3)11(12)6-5-10(11,4)8(14)15-12/h5-6H2,1-4H3. The molecule has 1 aliphatic heterocycles. The largest absolute Gasteiger partial charge is 0.449 e. The van der Waals surface area contributed by atoms with Crippen molar-refractivity contribution >= 4 is 11.8 Å². The first-order valence-corrected chi connectivity index (χ1v) is 5.52. The minimum Gasteiger partial charge on any atom is -0.449 e. The van der Waals surface area contributed by atoms with Crippen molar-refractivity contribution < 1.29 is 14.3 Å². The van der Waals surface area contributed by atoms with Crippen molar-refractivity contribution in [1.29, 1.82) is 0 Å². The number of ketones is 1. The molecule has 15 heavy (non-hydrogen) atoms. The molecular formula is C12H16O3. The molecule has 0 N–H and O–H groups in total. The lowest BCUT2D eigenvalue weighted by atomic mass is 9.55. The second kappa shape index (κ2) is 1.87. The van der Waals surface area contributed by atoms with E-state index in [1.54, 1.807) is 6.92 Å². The van der Waals surface area contributed by atoms with Crippen molar-refractivity contribution in [2.24, 2.45) is 16.2 Å². The SMILES string of the molecule is CC(=O)C12OC(=O)C3(C)CCC31C2(C)C. The number of hydrogen-bond acceptors (Lipinski definition) is 3. The summed E-state index contributed by atoms with van der Waals surface area (Å²) in [6, 6.07) is 0. The van der Waals surface area contributed by atoms with E-state index >= 15 is 0 Å². The Labute approximate surface area is 89.2 Å². The highest BCUT2D eigenvalue weighted by Gasteiger charge is 3.00. The third-order valence-electron chi connectivity index (χ3n) is 5.62. The molecule has 3 fully saturated rings. The maximum absolute atomic E-state index is 11.8. The lowest BCUT2D eigenvalue weighted by molar-refractivity contribution is -0.164. The average Bonchev–Trinajstić information content (AvgIpc) is 2.52. The summed E-state index contributed by atoms with van der Waals surface area (Å²) < 4.78 is 5.49. The van der Waals surface area contributed by atoms with Gasteiger partial charge in [0.2, 0.25) is 0 Å². The lowest BCUT2D eigenvalue weighted by Gasteiger charge is -2.43. The van der Waals surface area contributed by atoms with Crippen molar-refractivity contribution in [3.05, 3.63) is 0 Å². The Bertz CT molecular complexity index is 411. The average molecular weight is 208 g/mol. The van der Waals surface area contributed by atoms with Gasteiger partial charge in [-0.15, -0.1) is 0 Å². The molecule has 1 saturated heterocycles. The van der Waals surface area contributed by atoms with E-state index in [0.717, 1.165) is 12.8 Å². The Morgan fingerprint density at radius 1 is 1.27 bits per heavy atom. The van der Waals surface area contributed by atoms with E-state index in [2.05, 4.69) is 13.8 Å². The number of Topliss-reactive ketones (excluding diaryl/α,β-unsaturated/α-hetero) is 1. The predicted molar refractivity (Wildman–Crippen MR) is 53.1 cm³/mol. The number of hydrogen-bond donors (Lipinski definition) is 0. The summed E-state index contributed by atoms with van der Waals surface area (Å²) in [5.41, 5.74) is -1.57. The number of carbonyl (C=O) groups is 2. The molecule has 3 unspecified atom stereocenters. The zero-order valence-corrected chi connectivity index (χ0v) is 9.64. The summed E-state index contributed by atoms with van der Waals surface area (Å²) in [6.07, 6.45) is 1.81. The van der Waals surface area contributed by atoms with Crippen molar-refractivity contribution in [2.45, 2.75) is 46.1 Å². The molecule has 0 aromatic carbocycles. The summed E-state index contributed by atoms with van der Waals surface area (Å²) >= 11 is 0. The first kappa shape index (κ1) is 9.37. The van der Waals surface area contributed by atoms with Crippen LogP contribution < -0.4 is 0 Å². The van der Waals surface area contributed by atoms with E-state index in [-0.39, 0.29) is 22.6 Å². The van der Waals surface area contributed by atoms with Gasteiger partial charge in [-0.3, -0.25) is 9.59 Å². The molecule has 3 heteroatoms. The van der Waals surface area contributed by atoms with Crippen LogP contribution in [0.3, 0.4) is 0 Å². The van der Waals surface area contributed by atoms with Crippen LogP contribution >= 0.6 is 0 Å². The molecule has 3 rings (SSSR count). The zero-order chi connectivity index (χ0) is 11.3. The van der Waals surface area contributed by atoms with Gasteiger partial charge < -0.3 is 4.74 Å². The summed E-state index contributed by atoms with van der Waals surface area (Å²) in [6.45, 7) is 7.61. The smallest absolute Gasteiger partial charge is 0.313 e. The Morgan fingerprint density at radius 3 is 2.20 bits per heavy atom. The van der Waals surface area contributed by atoms with E-state index in [1.807, 2.05) is 6.92 Å². The molecule has 0 amide bonds. The van der Waals surface area contributed by atoms with Crippen LogP contribution in [0.15, 0.2) is 0 Å². The highest BCUT2D eigenvalue weighted by Crippen LogP contribution is 2.91. The molecule has 3 atom stereocenters. The molecule has 2 aliphatic carbocycles. The second-order valence-corrected chi connectivity index (χ2v) is 5.99. The first-order valence-electron chi connectivity index (χ1n) is 5.52. The summed E-state index contributed by atoms with van der Waals surface area (Å²) in [5, 5.41) is 0. The molecule has 82 valence electrons. The maximum Gasteiger partial charge on any atom is 0.313 e. The fraction of sp³-hybridized carbons (Fsp3) is 0.833. The predicted octanol–water partition coefficient (Wildman–Crippen LogP) is 1.70. The minimum absolute atomic E-state index is 0.0178. The van der Waals surface area contributed by atoms with Crippen LogP contribution in [0.2, 0.25) is 0 Å². The Hall–Kier alpha value is -0.860. The monoisotopic (exact) mass is 208 g/mol. The number of esters is 1. The number of carbonyl (C=O) groups excluding carboxylic acids is 2. The molecule has 1 spiro atoms.